The molecule has 1 aliphatic heterocycles. The summed E-state index contributed by atoms with van der Waals surface area (Å²) in [5.41, 5.74) is 5.10. The minimum Gasteiger partial charge on any atom is -0.497 e. The number of likely N-dealkylation sites (N-methyl/N-ethyl adjacent to an activating group) is 1. The van der Waals surface area contributed by atoms with Crippen molar-refractivity contribution in [1.82, 2.24) is 10.2 Å². The predicted molar refractivity (Wildman–Crippen MR) is 191 cm³/mol. The molecule has 0 saturated carbocycles. The van der Waals surface area contributed by atoms with Gasteiger partial charge in [0, 0.05) is 38.4 Å². The van der Waals surface area contributed by atoms with E-state index >= 15 is 0 Å². The maximum atomic E-state index is 13.2. The summed E-state index contributed by atoms with van der Waals surface area (Å²) in [6.45, 7) is 18.7. The molecule has 1 heterocycles. The SMILES string of the molecule is CC.CCC.CCCCCc1ccc(C(=O)OC)cc1N(C)CC(Cc1cc(OC)ccc1C)NCC(=O)N1C[C@@H](C)O[C@@H](C)C1. The van der Waals surface area contributed by atoms with Gasteiger partial charge in [-0.05, 0) is 81.0 Å². The highest BCUT2D eigenvalue weighted by Crippen LogP contribution is 2.26. The number of esters is 1. The zero-order valence-corrected chi connectivity index (χ0v) is 30.7. The number of benzene rings is 2. The van der Waals surface area contributed by atoms with E-state index in [1.165, 1.54) is 30.2 Å². The number of carbonyl (C=O) groups is 2. The molecule has 0 aliphatic carbocycles. The van der Waals surface area contributed by atoms with Crippen molar-refractivity contribution in [1.29, 1.82) is 0 Å². The Bertz CT molecular complexity index is 1160. The smallest absolute Gasteiger partial charge is 0.337 e. The summed E-state index contributed by atoms with van der Waals surface area (Å²) in [6.07, 6.45) is 6.35. The molecular weight excluding hydrogens is 578 g/mol. The number of anilines is 1. The van der Waals surface area contributed by atoms with Crippen LogP contribution in [0.4, 0.5) is 5.69 Å². The first-order chi connectivity index (χ1) is 22.1. The number of nitrogens with one attached hydrogen (secondary N) is 1. The van der Waals surface area contributed by atoms with Gasteiger partial charge in [-0.1, -0.05) is 66.0 Å². The summed E-state index contributed by atoms with van der Waals surface area (Å²) < 4.78 is 16.3. The summed E-state index contributed by atoms with van der Waals surface area (Å²) in [6, 6.07) is 11.9. The van der Waals surface area contributed by atoms with E-state index in [0.29, 0.717) is 25.2 Å². The molecule has 0 spiro atoms. The van der Waals surface area contributed by atoms with E-state index in [4.69, 9.17) is 14.2 Å². The van der Waals surface area contributed by atoms with Crippen molar-refractivity contribution in [2.24, 2.45) is 0 Å². The van der Waals surface area contributed by atoms with E-state index in [0.717, 1.165) is 43.5 Å². The van der Waals surface area contributed by atoms with Gasteiger partial charge in [-0.2, -0.15) is 0 Å². The number of ether oxygens (including phenoxy) is 3. The second-order valence-corrected chi connectivity index (χ2v) is 12.0. The molecule has 0 aromatic heterocycles. The molecule has 3 rings (SSSR count). The highest BCUT2D eigenvalue weighted by atomic mass is 16.5. The van der Waals surface area contributed by atoms with Crippen LogP contribution in [0.1, 0.15) is 101 Å². The third-order valence-corrected chi connectivity index (χ3v) is 7.80. The highest BCUT2D eigenvalue weighted by Gasteiger charge is 2.26. The quantitative estimate of drug-likeness (QED) is 0.172. The molecule has 2 aromatic carbocycles. The van der Waals surface area contributed by atoms with E-state index < -0.39 is 0 Å². The van der Waals surface area contributed by atoms with E-state index in [9.17, 15) is 9.59 Å². The van der Waals surface area contributed by atoms with Crippen molar-refractivity contribution in [3.8, 4) is 5.75 Å². The van der Waals surface area contributed by atoms with Crippen LogP contribution in [-0.4, -0.2) is 82.5 Å². The molecular formula is C38H63N3O5. The number of unbranched alkanes of at least 4 members (excludes halogenated alkanes) is 2. The summed E-state index contributed by atoms with van der Waals surface area (Å²) in [7, 11) is 5.14. The molecule has 1 aliphatic rings. The van der Waals surface area contributed by atoms with Crippen LogP contribution in [-0.2, 0) is 27.1 Å². The zero-order valence-electron chi connectivity index (χ0n) is 30.7. The Morgan fingerprint density at radius 1 is 1.00 bits per heavy atom. The van der Waals surface area contributed by atoms with Crippen molar-refractivity contribution in [2.75, 3.05) is 52.3 Å². The maximum Gasteiger partial charge on any atom is 0.337 e. The molecule has 1 saturated heterocycles. The van der Waals surface area contributed by atoms with Crippen LogP contribution < -0.4 is 15.0 Å². The molecule has 1 unspecified atom stereocenters. The number of hydrogen-bond acceptors (Lipinski definition) is 7. The second kappa shape index (κ2) is 22.4. The lowest BCUT2D eigenvalue weighted by atomic mass is 9.99. The van der Waals surface area contributed by atoms with E-state index in [2.05, 4.69) is 57.1 Å². The summed E-state index contributed by atoms with van der Waals surface area (Å²) in [5.74, 6) is 0.546. The van der Waals surface area contributed by atoms with Crippen LogP contribution in [0.3, 0.4) is 0 Å². The maximum absolute atomic E-state index is 13.2. The molecule has 8 heteroatoms. The van der Waals surface area contributed by atoms with Gasteiger partial charge >= 0.3 is 5.97 Å². The number of hydrogen-bond donors (Lipinski definition) is 1. The van der Waals surface area contributed by atoms with E-state index in [1.54, 1.807) is 7.11 Å². The topological polar surface area (TPSA) is 80.3 Å². The molecule has 1 amide bonds. The molecule has 46 heavy (non-hydrogen) atoms. The highest BCUT2D eigenvalue weighted by molar-refractivity contribution is 5.90. The van der Waals surface area contributed by atoms with Crippen molar-refractivity contribution in [3.05, 3.63) is 58.7 Å². The number of carbonyl (C=O) groups excluding carboxylic acids is 2. The lowest BCUT2D eigenvalue weighted by Crippen LogP contribution is -2.52. The van der Waals surface area contributed by atoms with Gasteiger partial charge in [0.1, 0.15) is 5.75 Å². The van der Waals surface area contributed by atoms with E-state index in [-0.39, 0.29) is 36.7 Å². The molecule has 1 fully saturated rings. The zero-order chi connectivity index (χ0) is 34.6. The number of amides is 1. The van der Waals surface area contributed by atoms with Crippen LogP contribution in [0.25, 0.3) is 0 Å². The average Bonchev–Trinajstić information content (AvgIpc) is 3.05. The van der Waals surface area contributed by atoms with Crippen molar-refractivity contribution < 1.29 is 23.8 Å². The Morgan fingerprint density at radius 3 is 2.24 bits per heavy atom. The van der Waals surface area contributed by atoms with Gasteiger partial charge in [-0.15, -0.1) is 0 Å². The minimum absolute atomic E-state index is 0.0253. The Hall–Kier alpha value is -3.10. The fourth-order valence-electron chi connectivity index (χ4n) is 5.56. The molecule has 0 bridgehead atoms. The van der Waals surface area contributed by atoms with Gasteiger partial charge in [0.15, 0.2) is 0 Å². The normalized spacial score (nSPS) is 16.3. The van der Waals surface area contributed by atoms with Crippen LogP contribution >= 0.6 is 0 Å². The lowest BCUT2D eigenvalue weighted by molar-refractivity contribution is -0.142. The number of aryl methyl sites for hydroxylation is 2. The van der Waals surface area contributed by atoms with Gasteiger partial charge in [0.2, 0.25) is 5.91 Å². The Morgan fingerprint density at radius 2 is 1.65 bits per heavy atom. The van der Waals surface area contributed by atoms with Crippen LogP contribution in [0.2, 0.25) is 0 Å². The first kappa shape index (κ1) is 40.9. The summed E-state index contributed by atoms with van der Waals surface area (Å²) in [4.78, 5) is 29.7. The van der Waals surface area contributed by atoms with Crippen LogP contribution in [0.15, 0.2) is 36.4 Å². The average molecular weight is 642 g/mol. The number of methoxy groups -OCH3 is 2. The van der Waals surface area contributed by atoms with Gasteiger partial charge in [0.05, 0.1) is 38.5 Å². The number of morpholine rings is 1. The molecule has 8 nitrogen and oxygen atoms in total. The third kappa shape index (κ3) is 13.7. The Kier molecular flexibility index (Phi) is 20.0. The van der Waals surface area contributed by atoms with Gasteiger partial charge in [-0.3, -0.25) is 4.79 Å². The Labute approximate surface area is 280 Å². The molecule has 2 aromatic rings. The second-order valence-electron chi connectivity index (χ2n) is 12.0. The molecule has 3 atom stereocenters. The number of rotatable bonds is 14. The minimum atomic E-state index is -0.346. The molecule has 1 N–H and O–H groups in total. The first-order valence-corrected chi connectivity index (χ1v) is 17.3. The number of nitrogens with zero attached hydrogens (tertiary/aromatic N) is 2. The van der Waals surface area contributed by atoms with Gasteiger partial charge < -0.3 is 29.3 Å². The summed E-state index contributed by atoms with van der Waals surface area (Å²) in [5, 5.41) is 3.57. The monoisotopic (exact) mass is 641 g/mol. The van der Waals surface area contributed by atoms with Gasteiger partial charge in [0.25, 0.3) is 0 Å². The van der Waals surface area contributed by atoms with Gasteiger partial charge in [-0.25, -0.2) is 4.79 Å². The summed E-state index contributed by atoms with van der Waals surface area (Å²) >= 11 is 0. The third-order valence-electron chi connectivity index (χ3n) is 7.80. The van der Waals surface area contributed by atoms with Crippen molar-refractivity contribution in [3.63, 3.8) is 0 Å². The largest absolute Gasteiger partial charge is 0.497 e. The Balaban J connectivity index is 0.00000199. The van der Waals surface area contributed by atoms with E-state index in [1.807, 2.05) is 56.9 Å². The molecule has 260 valence electrons. The predicted octanol–water partition coefficient (Wildman–Crippen LogP) is 7.24. The first-order valence-electron chi connectivity index (χ1n) is 17.3. The molecule has 0 radical (unpaired) electrons. The van der Waals surface area contributed by atoms with Crippen LogP contribution in [0, 0.1) is 6.92 Å². The lowest BCUT2D eigenvalue weighted by Gasteiger charge is -2.36. The fourth-order valence-corrected chi connectivity index (χ4v) is 5.56. The standard InChI is InChI=1S/C33H49N3O5.C3H8.C2H6/c1-8-9-10-11-26-13-14-27(33(38)40-7)18-31(26)35(5)22-29(16-28-17-30(39-6)15-12-23(28)2)34-19-32(37)36-20-24(3)41-25(4)21-36;1-3-2;1-2/h12-15,17-18,24-25,29,34H,8-11,16,19-22H2,1-7H3;3H2,1-2H3;1-2H3/t24-,25+,29?;;. The fraction of sp³-hybridized carbons (Fsp3) is 0.632. The van der Waals surface area contributed by atoms with Crippen molar-refractivity contribution >= 4 is 17.6 Å². The van der Waals surface area contributed by atoms with Crippen LogP contribution in [0.5, 0.6) is 5.75 Å². The van der Waals surface area contributed by atoms with Crippen molar-refractivity contribution in [2.45, 2.75) is 112 Å².